The van der Waals surface area contributed by atoms with Crippen LogP contribution < -0.4 is 10.6 Å². The topological polar surface area (TPSA) is 61.4 Å². The van der Waals surface area contributed by atoms with Crippen LogP contribution in [0.1, 0.15) is 26.2 Å². The number of nitrogens with one attached hydrogen (secondary N) is 2. The molecule has 1 aliphatic heterocycles. The van der Waals surface area contributed by atoms with Gasteiger partial charge in [0.25, 0.3) is 0 Å². The van der Waals surface area contributed by atoms with Gasteiger partial charge in [-0.25, -0.2) is 0 Å². The zero-order valence-electron chi connectivity index (χ0n) is 10.1. The molecule has 0 spiro atoms. The minimum absolute atomic E-state index is 0.0470. The lowest BCUT2D eigenvalue weighted by molar-refractivity contribution is -0.137. The highest BCUT2D eigenvalue weighted by atomic mass is 16.2. The van der Waals surface area contributed by atoms with E-state index in [1.54, 1.807) is 11.9 Å². The van der Waals surface area contributed by atoms with Crippen LogP contribution in [0.2, 0.25) is 0 Å². The van der Waals surface area contributed by atoms with E-state index in [1.807, 2.05) is 6.92 Å². The Hall–Kier alpha value is -1.10. The van der Waals surface area contributed by atoms with Gasteiger partial charge in [0.1, 0.15) is 0 Å². The molecular weight excluding hydrogens is 206 g/mol. The van der Waals surface area contributed by atoms with Gasteiger partial charge in [0.05, 0.1) is 12.6 Å². The highest BCUT2D eigenvalue weighted by Crippen LogP contribution is 2.09. The fourth-order valence-electron chi connectivity index (χ4n) is 1.88. The lowest BCUT2D eigenvalue weighted by Gasteiger charge is -2.28. The van der Waals surface area contributed by atoms with E-state index in [-0.39, 0.29) is 24.4 Å². The Labute approximate surface area is 96.6 Å². The first-order chi connectivity index (χ1) is 7.69. The van der Waals surface area contributed by atoms with Crippen molar-refractivity contribution in [1.29, 1.82) is 0 Å². The molecule has 5 heteroatoms. The molecule has 0 aliphatic carbocycles. The van der Waals surface area contributed by atoms with Crippen molar-refractivity contribution in [3.05, 3.63) is 0 Å². The third kappa shape index (κ3) is 3.48. The van der Waals surface area contributed by atoms with E-state index in [2.05, 4.69) is 10.6 Å². The molecule has 0 bridgehead atoms. The van der Waals surface area contributed by atoms with Gasteiger partial charge in [0, 0.05) is 13.6 Å². The summed E-state index contributed by atoms with van der Waals surface area (Å²) >= 11 is 0. The molecule has 0 radical (unpaired) electrons. The lowest BCUT2D eigenvalue weighted by atomic mass is 10.0. The molecule has 1 atom stereocenters. The first-order valence-corrected chi connectivity index (χ1v) is 5.91. The number of hydrogen-bond acceptors (Lipinski definition) is 3. The third-order valence-corrected chi connectivity index (χ3v) is 2.92. The second-order valence-corrected chi connectivity index (χ2v) is 4.03. The molecule has 1 saturated heterocycles. The average Bonchev–Trinajstić information content (AvgIpc) is 2.35. The summed E-state index contributed by atoms with van der Waals surface area (Å²) in [5.74, 6) is -0.0724. The van der Waals surface area contributed by atoms with Crippen molar-refractivity contribution >= 4 is 11.8 Å². The van der Waals surface area contributed by atoms with E-state index in [0.717, 1.165) is 25.8 Å². The number of rotatable bonds is 4. The first kappa shape index (κ1) is 13.0. The summed E-state index contributed by atoms with van der Waals surface area (Å²) in [4.78, 5) is 24.9. The van der Waals surface area contributed by atoms with Crippen LogP contribution >= 0.6 is 0 Å². The Bertz CT molecular complexity index is 250. The maximum atomic E-state index is 12.1. The van der Waals surface area contributed by atoms with Crippen molar-refractivity contribution in [2.45, 2.75) is 32.2 Å². The standard InChI is InChI=1S/C11H21N3O2/c1-3-14(8-10(15)12-2)11(16)9-6-4-5-7-13-9/h9,13H,3-8H2,1-2H3,(H,12,15)/t9-/m0/s1. The van der Waals surface area contributed by atoms with Crippen molar-refractivity contribution in [2.75, 3.05) is 26.7 Å². The van der Waals surface area contributed by atoms with Crippen LogP contribution in [-0.4, -0.2) is 49.4 Å². The molecule has 2 amide bonds. The van der Waals surface area contributed by atoms with Crippen molar-refractivity contribution in [3.63, 3.8) is 0 Å². The molecule has 1 heterocycles. The van der Waals surface area contributed by atoms with Gasteiger partial charge < -0.3 is 15.5 Å². The largest absolute Gasteiger partial charge is 0.358 e. The molecule has 2 N–H and O–H groups in total. The van der Waals surface area contributed by atoms with Gasteiger partial charge in [-0.15, -0.1) is 0 Å². The molecule has 0 saturated carbocycles. The molecule has 0 aromatic carbocycles. The van der Waals surface area contributed by atoms with Crippen molar-refractivity contribution in [1.82, 2.24) is 15.5 Å². The molecule has 0 unspecified atom stereocenters. The molecule has 0 aromatic heterocycles. The smallest absolute Gasteiger partial charge is 0.240 e. The SMILES string of the molecule is CCN(CC(=O)NC)C(=O)[C@@H]1CCCCN1. The van der Waals surface area contributed by atoms with Gasteiger partial charge in [-0.1, -0.05) is 6.42 Å². The zero-order chi connectivity index (χ0) is 12.0. The molecule has 1 rings (SSSR count). The monoisotopic (exact) mass is 227 g/mol. The minimum Gasteiger partial charge on any atom is -0.358 e. The Morgan fingerprint density at radius 3 is 2.69 bits per heavy atom. The van der Waals surface area contributed by atoms with E-state index < -0.39 is 0 Å². The van der Waals surface area contributed by atoms with E-state index in [1.165, 1.54) is 0 Å². The van der Waals surface area contributed by atoms with E-state index in [4.69, 9.17) is 0 Å². The van der Waals surface area contributed by atoms with E-state index >= 15 is 0 Å². The second-order valence-electron chi connectivity index (χ2n) is 4.03. The van der Waals surface area contributed by atoms with Gasteiger partial charge >= 0.3 is 0 Å². The Kier molecular flexibility index (Phi) is 5.25. The minimum atomic E-state index is -0.119. The van der Waals surface area contributed by atoms with Crippen LogP contribution in [0, 0.1) is 0 Å². The van der Waals surface area contributed by atoms with E-state index in [9.17, 15) is 9.59 Å². The Morgan fingerprint density at radius 2 is 2.19 bits per heavy atom. The van der Waals surface area contributed by atoms with Crippen LogP contribution in [-0.2, 0) is 9.59 Å². The first-order valence-electron chi connectivity index (χ1n) is 5.91. The number of nitrogens with zero attached hydrogens (tertiary/aromatic N) is 1. The predicted molar refractivity (Wildman–Crippen MR) is 62.0 cm³/mol. The van der Waals surface area contributed by atoms with Crippen LogP contribution in [0.3, 0.4) is 0 Å². The summed E-state index contributed by atoms with van der Waals surface area (Å²) in [6, 6.07) is -0.0987. The highest BCUT2D eigenvalue weighted by Gasteiger charge is 2.25. The Balaban J connectivity index is 2.50. The van der Waals surface area contributed by atoms with Crippen LogP contribution in [0.25, 0.3) is 0 Å². The molecule has 1 aliphatic rings. The van der Waals surface area contributed by atoms with Crippen molar-refractivity contribution in [2.24, 2.45) is 0 Å². The van der Waals surface area contributed by atoms with Crippen LogP contribution in [0.4, 0.5) is 0 Å². The maximum Gasteiger partial charge on any atom is 0.240 e. The van der Waals surface area contributed by atoms with E-state index in [0.29, 0.717) is 6.54 Å². The van der Waals surface area contributed by atoms with Gasteiger partial charge in [0.2, 0.25) is 11.8 Å². The average molecular weight is 227 g/mol. The zero-order valence-corrected chi connectivity index (χ0v) is 10.1. The van der Waals surface area contributed by atoms with Gasteiger partial charge in [-0.2, -0.15) is 0 Å². The number of amides is 2. The molecule has 1 fully saturated rings. The van der Waals surface area contributed by atoms with Gasteiger partial charge in [-0.05, 0) is 26.3 Å². The Morgan fingerprint density at radius 1 is 1.44 bits per heavy atom. The van der Waals surface area contributed by atoms with Crippen LogP contribution in [0.5, 0.6) is 0 Å². The normalized spacial score (nSPS) is 20.2. The molecule has 16 heavy (non-hydrogen) atoms. The summed E-state index contributed by atoms with van der Waals surface area (Å²) in [6.07, 6.45) is 3.09. The lowest BCUT2D eigenvalue weighted by Crippen LogP contribution is -2.50. The third-order valence-electron chi connectivity index (χ3n) is 2.92. The number of carbonyl (C=O) groups is 2. The fourth-order valence-corrected chi connectivity index (χ4v) is 1.88. The summed E-state index contributed by atoms with van der Waals surface area (Å²) in [6.45, 7) is 3.52. The van der Waals surface area contributed by atoms with Gasteiger partial charge in [-0.3, -0.25) is 9.59 Å². The summed E-state index contributed by atoms with van der Waals surface area (Å²) in [7, 11) is 1.58. The number of piperidine rings is 1. The maximum absolute atomic E-state index is 12.1. The molecular formula is C11H21N3O2. The summed E-state index contributed by atoms with van der Waals surface area (Å²) in [5, 5.41) is 5.74. The fraction of sp³-hybridized carbons (Fsp3) is 0.818. The quantitative estimate of drug-likeness (QED) is 0.694. The van der Waals surface area contributed by atoms with Gasteiger partial charge in [0.15, 0.2) is 0 Å². The van der Waals surface area contributed by atoms with Crippen molar-refractivity contribution in [3.8, 4) is 0 Å². The number of likely N-dealkylation sites (N-methyl/N-ethyl adjacent to an activating group) is 2. The van der Waals surface area contributed by atoms with Crippen molar-refractivity contribution < 1.29 is 9.59 Å². The predicted octanol–water partition coefficient (Wildman–Crippen LogP) is -0.277. The molecule has 5 nitrogen and oxygen atoms in total. The second kappa shape index (κ2) is 6.48. The summed E-state index contributed by atoms with van der Waals surface area (Å²) < 4.78 is 0. The number of carbonyl (C=O) groups excluding carboxylic acids is 2. The van der Waals surface area contributed by atoms with Crippen LogP contribution in [0.15, 0.2) is 0 Å². The molecule has 0 aromatic rings. The molecule has 92 valence electrons. The highest BCUT2D eigenvalue weighted by molar-refractivity contribution is 5.87. The summed E-state index contributed by atoms with van der Waals surface area (Å²) in [5.41, 5.74) is 0. The number of hydrogen-bond donors (Lipinski definition) is 2.